The first-order valence-corrected chi connectivity index (χ1v) is 2.95. The van der Waals surface area contributed by atoms with Crippen LogP contribution in [0.25, 0.3) is 0 Å². The molecule has 0 amide bonds. The van der Waals surface area contributed by atoms with Gasteiger partial charge >= 0.3 is 0 Å². The van der Waals surface area contributed by atoms with Crippen LogP contribution < -0.4 is 0 Å². The van der Waals surface area contributed by atoms with Crippen molar-refractivity contribution in [3.63, 3.8) is 0 Å². The van der Waals surface area contributed by atoms with Crippen molar-refractivity contribution in [3.05, 3.63) is 0 Å². The van der Waals surface area contributed by atoms with E-state index >= 15 is 0 Å². The highest BCUT2D eigenvalue weighted by Gasteiger charge is 2.12. The molecule has 0 aromatic carbocycles. The maximum atomic E-state index is 8.86. The lowest BCUT2D eigenvalue weighted by Gasteiger charge is -2.11. The van der Waals surface area contributed by atoms with Crippen molar-refractivity contribution in [2.45, 2.75) is 32.0 Å². The van der Waals surface area contributed by atoms with Crippen LogP contribution in [0.5, 0.6) is 0 Å². The number of rotatable bonds is 3. The second kappa shape index (κ2) is 4.30. The molecule has 2 unspecified atom stereocenters. The molecule has 0 aromatic rings. The minimum Gasteiger partial charge on any atom is -0.390 e. The van der Waals surface area contributed by atoms with Crippen molar-refractivity contribution < 1.29 is 10.2 Å². The fraction of sp³-hybridized carbons (Fsp3) is 0.833. The van der Waals surface area contributed by atoms with Gasteiger partial charge in [0.15, 0.2) is 0 Å². The molecule has 9 heavy (non-hydrogen) atoms. The second-order valence-corrected chi connectivity index (χ2v) is 1.91. The number of nitriles is 1. The van der Waals surface area contributed by atoms with Crippen molar-refractivity contribution in [3.8, 4) is 6.07 Å². The molecular formula is C6H11NO2. The monoisotopic (exact) mass is 129 g/mol. The Kier molecular flexibility index (Phi) is 4.02. The summed E-state index contributed by atoms with van der Waals surface area (Å²) in [6, 6.07) is 1.77. The third-order valence-electron chi connectivity index (χ3n) is 1.16. The Morgan fingerprint density at radius 3 is 2.33 bits per heavy atom. The highest BCUT2D eigenvalue weighted by atomic mass is 16.3. The van der Waals surface area contributed by atoms with Crippen LogP contribution in [0.4, 0.5) is 0 Å². The quantitative estimate of drug-likeness (QED) is 0.565. The Balaban J connectivity index is 3.48. The van der Waals surface area contributed by atoms with Gasteiger partial charge in [-0.05, 0) is 6.42 Å². The van der Waals surface area contributed by atoms with Crippen LogP contribution >= 0.6 is 0 Å². The molecule has 0 rings (SSSR count). The van der Waals surface area contributed by atoms with Gasteiger partial charge in [0.25, 0.3) is 0 Å². The molecule has 0 radical (unpaired) electrons. The Hall–Kier alpha value is -0.590. The maximum Gasteiger partial charge on any atom is 0.0928 e. The van der Waals surface area contributed by atoms with Crippen molar-refractivity contribution in [1.82, 2.24) is 0 Å². The largest absolute Gasteiger partial charge is 0.390 e. The summed E-state index contributed by atoms with van der Waals surface area (Å²) in [5.41, 5.74) is 0. The van der Waals surface area contributed by atoms with Gasteiger partial charge in [-0.15, -0.1) is 0 Å². The van der Waals surface area contributed by atoms with Crippen LogP contribution in [0.1, 0.15) is 19.8 Å². The zero-order valence-electron chi connectivity index (χ0n) is 5.41. The van der Waals surface area contributed by atoms with Gasteiger partial charge < -0.3 is 10.2 Å². The number of nitrogens with zero attached hydrogens (tertiary/aromatic N) is 1. The Labute approximate surface area is 54.5 Å². The molecule has 2 atom stereocenters. The first kappa shape index (κ1) is 8.41. The van der Waals surface area contributed by atoms with Gasteiger partial charge in [-0.3, -0.25) is 0 Å². The van der Waals surface area contributed by atoms with E-state index in [4.69, 9.17) is 15.5 Å². The van der Waals surface area contributed by atoms with Crippen LogP contribution in [-0.2, 0) is 0 Å². The van der Waals surface area contributed by atoms with Crippen molar-refractivity contribution in [2.75, 3.05) is 0 Å². The molecule has 0 aliphatic carbocycles. The first-order valence-electron chi connectivity index (χ1n) is 2.95. The molecule has 0 saturated carbocycles. The molecule has 0 aliphatic rings. The molecule has 0 spiro atoms. The lowest BCUT2D eigenvalue weighted by molar-refractivity contribution is 0.0207. The molecule has 0 aliphatic heterocycles. The highest BCUT2D eigenvalue weighted by Crippen LogP contribution is 2.00. The lowest BCUT2D eigenvalue weighted by atomic mass is 10.1. The average Bonchev–Trinajstić information content (AvgIpc) is 1.87. The second-order valence-electron chi connectivity index (χ2n) is 1.91. The third-order valence-corrected chi connectivity index (χ3v) is 1.16. The maximum absolute atomic E-state index is 8.86. The van der Waals surface area contributed by atoms with Crippen molar-refractivity contribution in [1.29, 1.82) is 5.26 Å². The summed E-state index contributed by atoms with van der Waals surface area (Å²) < 4.78 is 0. The normalized spacial score (nSPS) is 16.2. The summed E-state index contributed by atoms with van der Waals surface area (Å²) in [7, 11) is 0. The molecule has 0 fully saturated rings. The number of aliphatic hydroxyl groups excluding tert-OH is 2. The van der Waals surface area contributed by atoms with E-state index < -0.39 is 12.2 Å². The standard InChI is InChI=1S/C6H11NO2/c1-2-5(8)6(9)3-4-7/h5-6,8-9H,2-3H2,1H3. The van der Waals surface area contributed by atoms with E-state index in [2.05, 4.69) is 0 Å². The number of hydrogen-bond donors (Lipinski definition) is 2. The Morgan fingerprint density at radius 2 is 2.00 bits per heavy atom. The minimum atomic E-state index is -0.875. The van der Waals surface area contributed by atoms with E-state index in [-0.39, 0.29) is 6.42 Å². The summed E-state index contributed by atoms with van der Waals surface area (Å²) in [5, 5.41) is 25.8. The Morgan fingerprint density at radius 1 is 1.44 bits per heavy atom. The lowest BCUT2D eigenvalue weighted by Crippen LogP contribution is -2.24. The molecule has 52 valence electrons. The van der Waals surface area contributed by atoms with E-state index in [9.17, 15) is 0 Å². The molecule has 3 heteroatoms. The number of aliphatic hydroxyl groups is 2. The molecule has 0 saturated heterocycles. The third kappa shape index (κ3) is 3.07. The zero-order chi connectivity index (χ0) is 7.28. The molecule has 3 nitrogen and oxygen atoms in total. The molecular weight excluding hydrogens is 118 g/mol. The minimum absolute atomic E-state index is 0.00894. The van der Waals surface area contributed by atoms with E-state index in [1.54, 1.807) is 13.0 Å². The summed E-state index contributed by atoms with van der Waals surface area (Å²) in [6.45, 7) is 1.76. The smallest absolute Gasteiger partial charge is 0.0928 e. The van der Waals surface area contributed by atoms with Crippen LogP contribution in [0.3, 0.4) is 0 Å². The molecule has 2 N–H and O–H groups in total. The average molecular weight is 129 g/mol. The van der Waals surface area contributed by atoms with Crippen LogP contribution in [0.15, 0.2) is 0 Å². The fourth-order valence-electron chi connectivity index (χ4n) is 0.502. The van der Waals surface area contributed by atoms with Crippen LogP contribution in [-0.4, -0.2) is 22.4 Å². The van der Waals surface area contributed by atoms with E-state index in [0.29, 0.717) is 6.42 Å². The predicted molar refractivity (Wildman–Crippen MR) is 32.5 cm³/mol. The Bertz CT molecular complexity index is 108. The molecule has 0 bridgehead atoms. The van der Waals surface area contributed by atoms with Gasteiger partial charge in [0.05, 0.1) is 24.7 Å². The van der Waals surface area contributed by atoms with E-state index in [1.165, 1.54) is 0 Å². The van der Waals surface area contributed by atoms with Gasteiger partial charge in [-0.1, -0.05) is 6.92 Å². The predicted octanol–water partition coefficient (Wildman–Crippen LogP) is 0.0319. The SMILES string of the molecule is CCC(O)C(O)CC#N. The van der Waals surface area contributed by atoms with E-state index in [1.807, 2.05) is 0 Å². The van der Waals surface area contributed by atoms with Crippen molar-refractivity contribution in [2.24, 2.45) is 0 Å². The number of hydrogen-bond acceptors (Lipinski definition) is 3. The highest BCUT2D eigenvalue weighted by molar-refractivity contribution is 4.78. The molecule has 0 heterocycles. The summed E-state index contributed by atoms with van der Waals surface area (Å²) in [4.78, 5) is 0. The summed E-state index contributed by atoms with van der Waals surface area (Å²) >= 11 is 0. The summed E-state index contributed by atoms with van der Waals surface area (Å²) in [6.07, 6.45) is -1.12. The van der Waals surface area contributed by atoms with Gasteiger partial charge in [0, 0.05) is 0 Å². The van der Waals surface area contributed by atoms with Crippen molar-refractivity contribution >= 4 is 0 Å². The zero-order valence-corrected chi connectivity index (χ0v) is 5.41. The topological polar surface area (TPSA) is 64.2 Å². The molecule has 0 aromatic heterocycles. The van der Waals surface area contributed by atoms with E-state index in [0.717, 1.165) is 0 Å². The van der Waals surface area contributed by atoms with Gasteiger partial charge in [0.1, 0.15) is 0 Å². The van der Waals surface area contributed by atoms with Crippen LogP contribution in [0, 0.1) is 11.3 Å². The first-order chi connectivity index (χ1) is 4.22. The van der Waals surface area contributed by atoms with Gasteiger partial charge in [-0.25, -0.2) is 0 Å². The van der Waals surface area contributed by atoms with Gasteiger partial charge in [0.2, 0.25) is 0 Å². The van der Waals surface area contributed by atoms with Gasteiger partial charge in [-0.2, -0.15) is 5.26 Å². The summed E-state index contributed by atoms with van der Waals surface area (Å²) in [5.74, 6) is 0. The fourth-order valence-corrected chi connectivity index (χ4v) is 0.502. The van der Waals surface area contributed by atoms with Crippen LogP contribution in [0.2, 0.25) is 0 Å².